The summed E-state index contributed by atoms with van der Waals surface area (Å²) in [6.45, 7) is 0.617. The van der Waals surface area contributed by atoms with Crippen molar-refractivity contribution < 1.29 is 9.59 Å². The summed E-state index contributed by atoms with van der Waals surface area (Å²) in [4.78, 5) is 27.5. The summed E-state index contributed by atoms with van der Waals surface area (Å²) in [5, 5.41) is 6.05. The molecule has 2 aliphatic carbocycles. The molecule has 3 aliphatic rings. The van der Waals surface area contributed by atoms with Crippen LogP contribution in [-0.4, -0.2) is 46.1 Å². The van der Waals surface area contributed by atoms with Crippen molar-refractivity contribution in [2.24, 2.45) is 5.10 Å². The molecular formula is C22H29N3O2. The third-order valence-electron chi connectivity index (χ3n) is 5.95. The fourth-order valence-corrected chi connectivity index (χ4v) is 4.36. The van der Waals surface area contributed by atoms with Crippen molar-refractivity contribution in [3.8, 4) is 0 Å². The van der Waals surface area contributed by atoms with E-state index in [-0.39, 0.29) is 18.2 Å². The van der Waals surface area contributed by atoms with E-state index in [1.54, 1.807) is 5.01 Å². The largest absolute Gasteiger partial charge is 0.337 e. The zero-order valence-electron chi connectivity index (χ0n) is 16.0. The number of carbonyl (C=O) groups is 2. The van der Waals surface area contributed by atoms with Gasteiger partial charge in [0.05, 0.1) is 12.3 Å². The smallest absolute Gasteiger partial charge is 0.243 e. The lowest BCUT2D eigenvalue weighted by molar-refractivity contribution is -0.139. The Labute approximate surface area is 161 Å². The normalized spacial score (nSPS) is 20.4. The Morgan fingerprint density at radius 2 is 1.67 bits per heavy atom. The van der Waals surface area contributed by atoms with Crippen LogP contribution in [0.15, 0.2) is 35.4 Å². The molecule has 0 aromatic heterocycles. The van der Waals surface area contributed by atoms with Crippen LogP contribution < -0.4 is 0 Å². The highest BCUT2D eigenvalue weighted by Crippen LogP contribution is 2.34. The van der Waals surface area contributed by atoms with Crippen LogP contribution in [0.25, 0.3) is 0 Å². The molecule has 2 fully saturated rings. The molecule has 1 heterocycles. The summed E-state index contributed by atoms with van der Waals surface area (Å²) < 4.78 is 0. The van der Waals surface area contributed by atoms with Gasteiger partial charge in [-0.15, -0.1) is 0 Å². The van der Waals surface area contributed by atoms with E-state index < -0.39 is 0 Å². The molecule has 0 saturated heterocycles. The molecule has 5 heteroatoms. The number of carbonyl (C=O) groups excluding carboxylic acids is 2. The SMILES string of the molecule is O=C(CCC(=O)N(C1CCCCC1)C1CC1)N1CCC(c2ccccc2)=N1. The summed E-state index contributed by atoms with van der Waals surface area (Å²) in [5.41, 5.74) is 2.03. The van der Waals surface area contributed by atoms with E-state index in [1.165, 1.54) is 19.3 Å². The molecule has 2 amide bonds. The highest BCUT2D eigenvalue weighted by atomic mass is 16.2. The predicted octanol–water partition coefficient (Wildman–Crippen LogP) is 3.73. The number of rotatable bonds is 6. The van der Waals surface area contributed by atoms with Crippen LogP contribution in [0.1, 0.15) is 69.8 Å². The van der Waals surface area contributed by atoms with Gasteiger partial charge < -0.3 is 4.90 Å². The number of hydrogen-bond acceptors (Lipinski definition) is 3. The Balaban J connectivity index is 1.32. The summed E-state index contributed by atoms with van der Waals surface area (Å²) in [7, 11) is 0. The second-order valence-electron chi connectivity index (χ2n) is 8.00. The average Bonchev–Trinajstić information content (AvgIpc) is 3.41. The molecule has 144 valence electrons. The van der Waals surface area contributed by atoms with Gasteiger partial charge in [0.1, 0.15) is 0 Å². The molecule has 1 aliphatic heterocycles. The summed E-state index contributed by atoms with van der Waals surface area (Å²) in [5.74, 6) is 0.137. The molecule has 0 bridgehead atoms. The van der Waals surface area contributed by atoms with Crippen LogP contribution in [0.5, 0.6) is 0 Å². The van der Waals surface area contributed by atoms with Gasteiger partial charge in [-0.2, -0.15) is 5.10 Å². The third-order valence-corrected chi connectivity index (χ3v) is 5.95. The first-order chi connectivity index (χ1) is 13.2. The zero-order valence-corrected chi connectivity index (χ0v) is 16.0. The zero-order chi connectivity index (χ0) is 18.6. The molecule has 0 radical (unpaired) electrons. The van der Waals surface area contributed by atoms with Crippen LogP contribution >= 0.6 is 0 Å². The van der Waals surface area contributed by atoms with Crippen molar-refractivity contribution in [3.05, 3.63) is 35.9 Å². The lowest BCUT2D eigenvalue weighted by Crippen LogP contribution is -2.43. The lowest BCUT2D eigenvalue weighted by Gasteiger charge is -2.34. The minimum Gasteiger partial charge on any atom is -0.337 e. The summed E-state index contributed by atoms with van der Waals surface area (Å²) in [6, 6.07) is 10.8. The Kier molecular flexibility index (Phi) is 5.55. The molecule has 27 heavy (non-hydrogen) atoms. The van der Waals surface area contributed by atoms with Gasteiger partial charge in [-0.05, 0) is 31.2 Å². The van der Waals surface area contributed by atoms with E-state index in [4.69, 9.17) is 0 Å². The quantitative estimate of drug-likeness (QED) is 0.769. The van der Waals surface area contributed by atoms with Crippen LogP contribution in [0.3, 0.4) is 0 Å². The van der Waals surface area contributed by atoms with Crippen molar-refractivity contribution >= 4 is 17.5 Å². The van der Waals surface area contributed by atoms with Gasteiger partial charge in [0.2, 0.25) is 11.8 Å². The van der Waals surface area contributed by atoms with Crippen molar-refractivity contribution in [2.75, 3.05) is 6.54 Å². The predicted molar refractivity (Wildman–Crippen MR) is 105 cm³/mol. The fraction of sp³-hybridized carbons (Fsp3) is 0.591. The van der Waals surface area contributed by atoms with Gasteiger partial charge in [-0.3, -0.25) is 9.59 Å². The molecule has 0 atom stereocenters. The number of benzene rings is 1. The number of amides is 2. The standard InChI is InChI=1S/C22H29N3O2/c26-21(24-16-15-20(23-24)17-7-3-1-4-8-17)13-14-22(27)25(19-11-12-19)18-9-5-2-6-10-18/h1,3-4,7-8,18-19H,2,5-6,9-16H2. The molecule has 0 spiro atoms. The fourth-order valence-electron chi connectivity index (χ4n) is 4.36. The lowest BCUT2D eigenvalue weighted by atomic mass is 9.93. The minimum atomic E-state index is -0.0336. The van der Waals surface area contributed by atoms with Gasteiger partial charge in [-0.1, -0.05) is 49.6 Å². The van der Waals surface area contributed by atoms with Crippen LogP contribution in [0.2, 0.25) is 0 Å². The van der Waals surface area contributed by atoms with Crippen molar-refractivity contribution in [3.63, 3.8) is 0 Å². The molecule has 5 nitrogen and oxygen atoms in total. The van der Waals surface area contributed by atoms with Gasteiger partial charge in [-0.25, -0.2) is 5.01 Å². The van der Waals surface area contributed by atoms with Gasteiger partial charge >= 0.3 is 0 Å². The van der Waals surface area contributed by atoms with Crippen molar-refractivity contribution in [1.29, 1.82) is 0 Å². The highest BCUT2D eigenvalue weighted by molar-refractivity contribution is 6.02. The molecule has 1 aromatic rings. The Bertz CT molecular complexity index is 706. The average molecular weight is 367 g/mol. The number of hydrazone groups is 1. The van der Waals surface area contributed by atoms with E-state index in [9.17, 15) is 9.59 Å². The second-order valence-corrected chi connectivity index (χ2v) is 8.00. The van der Waals surface area contributed by atoms with Gasteiger partial charge in [0.15, 0.2) is 0 Å². The van der Waals surface area contributed by atoms with Crippen molar-refractivity contribution in [1.82, 2.24) is 9.91 Å². The highest BCUT2D eigenvalue weighted by Gasteiger charge is 2.37. The first kappa shape index (κ1) is 18.2. The van der Waals surface area contributed by atoms with E-state index in [2.05, 4.69) is 10.0 Å². The van der Waals surface area contributed by atoms with E-state index in [0.29, 0.717) is 25.0 Å². The molecule has 1 aromatic carbocycles. The Morgan fingerprint density at radius 1 is 0.963 bits per heavy atom. The maximum atomic E-state index is 12.8. The van der Waals surface area contributed by atoms with E-state index >= 15 is 0 Å². The van der Waals surface area contributed by atoms with E-state index in [1.807, 2.05) is 30.3 Å². The Morgan fingerprint density at radius 3 is 2.37 bits per heavy atom. The maximum Gasteiger partial charge on any atom is 0.243 e. The molecule has 4 rings (SSSR count). The summed E-state index contributed by atoms with van der Waals surface area (Å²) >= 11 is 0. The summed E-state index contributed by atoms with van der Waals surface area (Å²) in [6.07, 6.45) is 9.63. The first-order valence-electron chi connectivity index (χ1n) is 10.5. The monoisotopic (exact) mass is 367 g/mol. The van der Waals surface area contributed by atoms with E-state index in [0.717, 1.165) is 43.4 Å². The van der Waals surface area contributed by atoms with Gasteiger partial charge in [0.25, 0.3) is 0 Å². The Hall–Kier alpha value is -2.17. The van der Waals surface area contributed by atoms with Gasteiger partial charge in [0, 0.05) is 31.3 Å². The topological polar surface area (TPSA) is 53.0 Å². The van der Waals surface area contributed by atoms with Crippen molar-refractivity contribution in [2.45, 2.75) is 76.3 Å². The van der Waals surface area contributed by atoms with Crippen LogP contribution in [0.4, 0.5) is 0 Å². The molecular weight excluding hydrogens is 338 g/mol. The maximum absolute atomic E-state index is 12.8. The number of hydrogen-bond donors (Lipinski definition) is 0. The second kappa shape index (κ2) is 8.24. The van der Waals surface area contributed by atoms with Crippen LogP contribution in [0, 0.1) is 0 Å². The number of nitrogens with zero attached hydrogens (tertiary/aromatic N) is 3. The molecule has 0 unspecified atom stereocenters. The van der Waals surface area contributed by atoms with Crippen LogP contribution in [-0.2, 0) is 9.59 Å². The third kappa shape index (κ3) is 4.40. The first-order valence-corrected chi connectivity index (χ1v) is 10.5. The molecule has 2 saturated carbocycles. The minimum absolute atomic E-state index is 0.0336. The molecule has 0 N–H and O–H groups in total.